The van der Waals surface area contributed by atoms with Crippen molar-refractivity contribution in [2.24, 2.45) is 10.9 Å². The zero-order valence-corrected chi connectivity index (χ0v) is 15.7. The van der Waals surface area contributed by atoms with Gasteiger partial charge in [0.2, 0.25) is 0 Å². The van der Waals surface area contributed by atoms with Crippen LogP contribution in [-0.4, -0.2) is 37.8 Å². The van der Waals surface area contributed by atoms with Gasteiger partial charge in [0, 0.05) is 25.8 Å². The number of guanidine groups is 1. The quantitative estimate of drug-likeness (QED) is 0.546. The molecule has 25 heavy (non-hydrogen) atoms. The molecule has 0 saturated heterocycles. The Labute approximate surface area is 150 Å². The van der Waals surface area contributed by atoms with Gasteiger partial charge in [-0.05, 0) is 63.6 Å². The number of benzene rings is 1. The van der Waals surface area contributed by atoms with Crippen LogP contribution in [0.1, 0.15) is 39.2 Å². The normalized spacial score (nSPS) is 14.8. The van der Waals surface area contributed by atoms with Gasteiger partial charge in [0.15, 0.2) is 5.96 Å². The van der Waals surface area contributed by atoms with Gasteiger partial charge in [-0.15, -0.1) is 0 Å². The maximum atomic E-state index is 11.7. The van der Waals surface area contributed by atoms with Crippen molar-refractivity contribution in [2.45, 2.75) is 45.6 Å². The van der Waals surface area contributed by atoms with Crippen LogP contribution in [-0.2, 0) is 11.2 Å². The molecule has 0 aromatic heterocycles. The van der Waals surface area contributed by atoms with Crippen LogP contribution < -0.4 is 16.0 Å². The SMILES string of the molecule is CN=C(NCCc1ccc(NC(=O)OC(C)(C)C)cc1)NCC1CC1. The molecule has 0 radical (unpaired) electrons. The van der Waals surface area contributed by atoms with Gasteiger partial charge in [-0.1, -0.05) is 12.1 Å². The molecule has 0 atom stereocenters. The second-order valence-electron chi connectivity index (χ2n) is 7.40. The number of rotatable bonds is 6. The van der Waals surface area contributed by atoms with Gasteiger partial charge in [-0.25, -0.2) is 4.79 Å². The van der Waals surface area contributed by atoms with Crippen LogP contribution in [0.5, 0.6) is 0 Å². The number of anilines is 1. The predicted molar refractivity (Wildman–Crippen MR) is 102 cm³/mol. The van der Waals surface area contributed by atoms with E-state index < -0.39 is 11.7 Å². The van der Waals surface area contributed by atoms with E-state index in [9.17, 15) is 4.79 Å². The molecular formula is C19H30N4O2. The number of hydrogen-bond acceptors (Lipinski definition) is 3. The van der Waals surface area contributed by atoms with Crippen molar-refractivity contribution in [3.8, 4) is 0 Å². The van der Waals surface area contributed by atoms with E-state index in [2.05, 4.69) is 20.9 Å². The van der Waals surface area contributed by atoms with E-state index in [1.165, 1.54) is 18.4 Å². The van der Waals surface area contributed by atoms with Crippen molar-refractivity contribution in [3.05, 3.63) is 29.8 Å². The highest BCUT2D eigenvalue weighted by Crippen LogP contribution is 2.27. The van der Waals surface area contributed by atoms with Crippen molar-refractivity contribution < 1.29 is 9.53 Å². The Morgan fingerprint density at radius 1 is 1.20 bits per heavy atom. The van der Waals surface area contributed by atoms with Gasteiger partial charge in [0.25, 0.3) is 0 Å². The number of carbonyl (C=O) groups excluding carboxylic acids is 1. The largest absolute Gasteiger partial charge is 0.444 e. The van der Waals surface area contributed by atoms with E-state index in [4.69, 9.17) is 4.74 Å². The van der Waals surface area contributed by atoms with Gasteiger partial charge >= 0.3 is 6.09 Å². The molecule has 0 bridgehead atoms. The summed E-state index contributed by atoms with van der Waals surface area (Å²) in [6.45, 7) is 7.34. The highest BCUT2D eigenvalue weighted by atomic mass is 16.6. The van der Waals surface area contributed by atoms with Crippen molar-refractivity contribution in [1.82, 2.24) is 10.6 Å². The zero-order valence-electron chi connectivity index (χ0n) is 15.7. The van der Waals surface area contributed by atoms with Crippen molar-refractivity contribution in [3.63, 3.8) is 0 Å². The third-order valence-corrected chi connectivity index (χ3v) is 3.78. The average Bonchev–Trinajstić information content (AvgIpc) is 3.34. The molecule has 1 saturated carbocycles. The number of aliphatic imine (C=N–C) groups is 1. The molecule has 138 valence electrons. The lowest BCUT2D eigenvalue weighted by Gasteiger charge is -2.19. The lowest BCUT2D eigenvalue weighted by Crippen LogP contribution is -2.39. The van der Waals surface area contributed by atoms with Crippen LogP contribution in [0.3, 0.4) is 0 Å². The van der Waals surface area contributed by atoms with E-state index in [0.717, 1.165) is 37.1 Å². The summed E-state index contributed by atoms with van der Waals surface area (Å²) in [5.41, 5.74) is 1.43. The molecule has 1 aromatic rings. The van der Waals surface area contributed by atoms with Gasteiger partial charge in [0.05, 0.1) is 0 Å². The lowest BCUT2D eigenvalue weighted by atomic mass is 10.1. The first kappa shape index (κ1) is 19.1. The second-order valence-corrected chi connectivity index (χ2v) is 7.40. The number of nitrogens with zero attached hydrogens (tertiary/aromatic N) is 1. The molecule has 0 unspecified atom stereocenters. The second kappa shape index (κ2) is 8.74. The summed E-state index contributed by atoms with van der Waals surface area (Å²) in [5.74, 6) is 1.68. The number of ether oxygens (including phenoxy) is 1. The van der Waals surface area contributed by atoms with Crippen LogP contribution in [0.2, 0.25) is 0 Å². The van der Waals surface area contributed by atoms with Crippen molar-refractivity contribution in [2.75, 3.05) is 25.5 Å². The predicted octanol–water partition coefficient (Wildman–Crippen LogP) is 3.15. The topological polar surface area (TPSA) is 74.8 Å². The first-order valence-corrected chi connectivity index (χ1v) is 8.89. The van der Waals surface area contributed by atoms with E-state index >= 15 is 0 Å². The minimum Gasteiger partial charge on any atom is -0.444 e. The highest BCUT2D eigenvalue weighted by molar-refractivity contribution is 5.84. The Hall–Kier alpha value is -2.24. The summed E-state index contributed by atoms with van der Waals surface area (Å²) in [7, 11) is 1.79. The summed E-state index contributed by atoms with van der Waals surface area (Å²) in [6.07, 6.45) is 3.10. The van der Waals surface area contributed by atoms with Gasteiger partial charge in [0.1, 0.15) is 5.60 Å². The maximum Gasteiger partial charge on any atom is 0.412 e. The third-order valence-electron chi connectivity index (χ3n) is 3.78. The lowest BCUT2D eigenvalue weighted by molar-refractivity contribution is 0.0636. The minimum atomic E-state index is -0.498. The molecule has 0 spiro atoms. The van der Waals surface area contributed by atoms with Gasteiger partial charge < -0.3 is 15.4 Å². The van der Waals surface area contributed by atoms with Crippen molar-refractivity contribution >= 4 is 17.7 Å². The van der Waals surface area contributed by atoms with Crippen LogP contribution in [0.4, 0.5) is 10.5 Å². The molecule has 1 aromatic carbocycles. The van der Waals surface area contributed by atoms with E-state index in [1.54, 1.807) is 7.05 Å². The molecule has 0 heterocycles. The summed E-state index contributed by atoms with van der Waals surface area (Å²) < 4.78 is 5.24. The summed E-state index contributed by atoms with van der Waals surface area (Å²) in [4.78, 5) is 16.0. The van der Waals surface area contributed by atoms with Gasteiger partial charge in [-0.2, -0.15) is 0 Å². The molecule has 1 aliphatic rings. The molecule has 6 heteroatoms. The molecule has 6 nitrogen and oxygen atoms in total. The minimum absolute atomic E-state index is 0.438. The van der Waals surface area contributed by atoms with E-state index in [1.807, 2.05) is 45.0 Å². The fourth-order valence-corrected chi connectivity index (χ4v) is 2.29. The third kappa shape index (κ3) is 7.92. The molecule has 0 aliphatic heterocycles. The molecule has 2 rings (SSSR count). The summed E-state index contributed by atoms with van der Waals surface area (Å²) in [6, 6.07) is 7.79. The number of nitrogens with one attached hydrogen (secondary N) is 3. The molecule has 3 N–H and O–H groups in total. The standard InChI is InChI=1S/C19H30N4O2/c1-19(2,3)25-18(24)23-16-9-7-14(8-10-16)11-12-21-17(20-4)22-13-15-5-6-15/h7-10,15H,5-6,11-13H2,1-4H3,(H,23,24)(H2,20,21,22). The Balaban J connectivity index is 1.71. The summed E-state index contributed by atoms with van der Waals surface area (Å²) >= 11 is 0. The Kier molecular flexibility index (Phi) is 6.67. The first-order valence-electron chi connectivity index (χ1n) is 8.89. The Morgan fingerprint density at radius 3 is 2.44 bits per heavy atom. The van der Waals surface area contributed by atoms with Crippen LogP contribution in [0, 0.1) is 5.92 Å². The fourth-order valence-electron chi connectivity index (χ4n) is 2.29. The number of hydrogen-bond donors (Lipinski definition) is 3. The highest BCUT2D eigenvalue weighted by Gasteiger charge is 2.21. The Bertz CT molecular complexity index is 586. The van der Waals surface area contributed by atoms with Gasteiger partial charge in [-0.3, -0.25) is 10.3 Å². The van der Waals surface area contributed by atoms with Crippen molar-refractivity contribution in [1.29, 1.82) is 0 Å². The average molecular weight is 346 g/mol. The molecule has 1 aliphatic carbocycles. The smallest absolute Gasteiger partial charge is 0.412 e. The zero-order chi connectivity index (χ0) is 18.3. The first-order chi connectivity index (χ1) is 11.9. The van der Waals surface area contributed by atoms with Crippen LogP contribution >= 0.6 is 0 Å². The van der Waals surface area contributed by atoms with Crippen LogP contribution in [0.25, 0.3) is 0 Å². The number of carbonyl (C=O) groups is 1. The monoisotopic (exact) mass is 346 g/mol. The molecule has 1 amide bonds. The van der Waals surface area contributed by atoms with E-state index in [-0.39, 0.29) is 0 Å². The fraction of sp³-hybridized carbons (Fsp3) is 0.579. The Morgan fingerprint density at radius 2 is 1.88 bits per heavy atom. The van der Waals surface area contributed by atoms with Crippen LogP contribution in [0.15, 0.2) is 29.3 Å². The molecule has 1 fully saturated rings. The summed E-state index contributed by atoms with van der Waals surface area (Å²) in [5, 5.41) is 9.40. The molecular weight excluding hydrogens is 316 g/mol. The maximum absolute atomic E-state index is 11.7. The van der Waals surface area contributed by atoms with E-state index in [0.29, 0.717) is 0 Å². The number of amides is 1.